The average molecular weight is 265 g/mol. The Morgan fingerprint density at radius 3 is 2.40 bits per heavy atom. The zero-order valence-electron chi connectivity index (χ0n) is 8.87. The molecule has 0 radical (unpaired) electrons. The molecule has 15 heavy (non-hydrogen) atoms. The fourth-order valence-electron chi connectivity index (χ4n) is 1.66. The molecule has 0 aliphatic carbocycles. The number of halogens is 1. The lowest BCUT2D eigenvalue weighted by Gasteiger charge is -2.00. The molecule has 2 aromatic rings. The van der Waals surface area contributed by atoms with Gasteiger partial charge in [0.1, 0.15) is 0 Å². The van der Waals surface area contributed by atoms with Crippen molar-refractivity contribution in [1.29, 1.82) is 0 Å². The van der Waals surface area contributed by atoms with E-state index in [4.69, 9.17) is 0 Å². The summed E-state index contributed by atoms with van der Waals surface area (Å²) in [6, 6.07) is 8.55. The fraction of sp³-hybridized carbons (Fsp3) is 0.250. The zero-order chi connectivity index (χ0) is 10.8. The molecule has 0 aliphatic heterocycles. The minimum absolute atomic E-state index is 0.902. The van der Waals surface area contributed by atoms with Crippen LogP contribution in [-0.4, -0.2) is 9.78 Å². The van der Waals surface area contributed by atoms with Crippen molar-refractivity contribution in [3.63, 3.8) is 0 Å². The lowest BCUT2D eigenvalue weighted by Crippen LogP contribution is -1.86. The summed E-state index contributed by atoms with van der Waals surface area (Å²) in [5.74, 6) is 0. The summed E-state index contributed by atoms with van der Waals surface area (Å²) in [6.07, 6.45) is 2.05. The van der Waals surface area contributed by atoms with E-state index in [9.17, 15) is 0 Å². The third-order valence-corrected chi connectivity index (χ3v) is 3.08. The first-order valence-electron chi connectivity index (χ1n) is 4.86. The number of rotatable bonds is 2. The van der Waals surface area contributed by atoms with E-state index in [2.05, 4.69) is 51.5 Å². The summed E-state index contributed by atoms with van der Waals surface area (Å²) in [5.41, 5.74) is 4.80. The molecular formula is C12H13BrN2. The van der Waals surface area contributed by atoms with Crippen LogP contribution in [0.4, 0.5) is 0 Å². The van der Waals surface area contributed by atoms with Crippen LogP contribution >= 0.6 is 15.9 Å². The molecule has 0 saturated carbocycles. The number of nitrogens with zero attached hydrogens (tertiary/aromatic N) is 2. The molecule has 0 N–H and O–H groups in total. The maximum Gasteiger partial charge on any atom is 0.0671 e. The highest BCUT2D eigenvalue weighted by Gasteiger charge is 2.05. The Hall–Kier alpha value is -1.09. The molecule has 0 atom stereocenters. The molecular weight excluding hydrogens is 252 g/mol. The number of aromatic nitrogens is 2. The van der Waals surface area contributed by atoms with Crippen LogP contribution in [0.3, 0.4) is 0 Å². The van der Waals surface area contributed by atoms with Gasteiger partial charge < -0.3 is 0 Å². The van der Waals surface area contributed by atoms with Crippen LogP contribution in [0.25, 0.3) is 11.1 Å². The molecule has 78 valence electrons. The molecule has 0 fully saturated rings. The molecule has 0 spiro atoms. The van der Waals surface area contributed by atoms with Crippen molar-refractivity contribution in [1.82, 2.24) is 9.78 Å². The lowest BCUT2D eigenvalue weighted by molar-refractivity contribution is 0.756. The molecule has 3 heteroatoms. The smallest absolute Gasteiger partial charge is 0.0671 e. The summed E-state index contributed by atoms with van der Waals surface area (Å²) in [7, 11) is 1.95. The summed E-state index contributed by atoms with van der Waals surface area (Å²) in [4.78, 5) is 0. The molecule has 1 heterocycles. The van der Waals surface area contributed by atoms with E-state index in [1.54, 1.807) is 0 Å². The topological polar surface area (TPSA) is 17.8 Å². The molecule has 0 bridgehead atoms. The van der Waals surface area contributed by atoms with Crippen molar-refractivity contribution < 1.29 is 0 Å². The molecule has 2 nitrogen and oxygen atoms in total. The largest absolute Gasteiger partial charge is 0.275 e. The normalized spacial score (nSPS) is 10.6. The maximum absolute atomic E-state index is 4.34. The summed E-state index contributed by atoms with van der Waals surface area (Å²) in [6.45, 7) is 2.04. The molecule has 2 rings (SSSR count). The highest BCUT2D eigenvalue weighted by atomic mass is 79.9. The van der Waals surface area contributed by atoms with Crippen molar-refractivity contribution >= 4 is 15.9 Å². The molecule has 0 aliphatic rings. The van der Waals surface area contributed by atoms with Gasteiger partial charge in [-0.15, -0.1) is 0 Å². The first-order valence-corrected chi connectivity index (χ1v) is 5.98. The average Bonchev–Trinajstić information content (AvgIpc) is 2.58. The van der Waals surface area contributed by atoms with E-state index in [0.29, 0.717) is 0 Å². The van der Waals surface area contributed by atoms with Gasteiger partial charge in [0.2, 0.25) is 0 Å². The van der Waals surface area contributed by atoms with E-state index in [1.165, 1.54) is 16.7 Å². The number of aryl methyl sites for hydroxylation is 2. The van der Waals surface area contributed by atoms with E-state index < -0.39 is 0 Å². The van der Waals surface area contributed by atoms with Gasteiger partial charge in [0.25, 0.3) is 0 Å². The van der Waals surface area contributed by atoms with Crippen LogP contribution in [0.2, 0.25) is 0 Å². The third-order valence-electron chi connectivity index (χ3n) is 2.43. The van der Waals surface area contributed by atoms with Gasteiger partial charge in [0.05, 0.1) is 5.69 Å². The number of hydrogen-bond donors (Lipinski definition) is 0. The highest BCUT2D eigenvalue weighted by Crippen LogP contribution is 2.22. The second kappa shape index (κ2) is 4.19. The maximum atomic E-state index is 4.34. The van der Waals surface area contributed by atoms with Gasteiger partial charge in [-0.3, -0.25) is 4.68 Å². The highest BCUT2D eigenvalue weighted by molar-refractivity contribution is 9.08. The van der Waals surface area contributed by atoms with Crippen LogP contribution in [0, 0.1) is 6.92 Å². The summed E-state index contributed by atoms with van der Waals surface area (Å²) in [5, 5.41) is 5.24. The molecule has 1 aromatic carbocycles. The van der Waals surface area contributed by atoms with E-state index in [1.807, 2.05) is 18.7 Å². The van der Waals surface area contributed by atoms with Crippen LogP contribution in [0.5, 0.6) is 0 Å². The number of benzene rings is 1. The minimum Gasteiger partial charge on any atom is -0.275 e. The SMILES string of the molecule is Cc1nn(C)cc1-c1ccc(CBr)cc1. The van der Waals surface area contributed by atoms with E-state index in [0.717, 1.165) is 11.0 Å². The Morgan fingerprint density at radius 1 is 1.27 bits per heavy atom. The quantitative estimate of drug-likeness (QED) is 0.762. The standard InChI is InChI=1S/C12H13BrN2/c1-9-12(8-15(2)14-9)11-5-3-10(7-13)4-6-11/h3-6,8H,7H2,1-2H3. The Kier molecular flexibility index (Phi) is 2.91. The van der Waals surface area contributed by atoms with Crippen LogP contribution < -0.4 is 0 Å². The molecule has 0 amide bonds. The Bertz CT molecular complexity index is 457. The van der Waals surface area contributed by atoms with Gasteiger partial charge in [0.15, 0.2) is 0 Å². The Morgan fingerprint density at radius 2 is 1.93 bits per heavy atom. The monoisotopic (exact) mass is 264 g/mol. The van der Waals surface area contributed by atoms with Gasteiger partial charge in [-0.2, -0.15) is 5.10 Å². The van der Waals surface area contributed by atoms with Crippen molar-refractivity contribution in [3.05, 3.63) is 41.7 Å². The number of hydrogen-bond acceptors (Lipinski definition) is 1. The van der Waals surface area contributed by atoms with Gasteiger partial charge >= 0.3 is 0 Å². The lowest BCUT2D eigenvalue weighted by atomic mass is 10.1. The predicted octanol–water partition coefficient (Wildman–Crippen LogP) is 3.29. The minimum atomic E-state index is 0.902. The number of alkyl halides is 1. The van der Waals surface area contributed by atoms with Crippen LogP contribution in [0.1, 0.15) is 11.3 Å². The Balaban J connectivity index is 2.41. The van der Waals surface area contributed by atoms with Crippen molar-refractivity contribution in [2.75, 3.05) is 0 Å². The van der Waals surface area contributed by atoms with Gasteiger partial charge in [-0.1, -0.05) is 40.2 Å². The van der Waals surface area contributed by atoms with Crippen LogP contribution in [-0.2, 0) is 12.4 Å². The second-order valence-corrected chi connectivity index (χ2v) is 4.19. The molecule has 1 aromatic heterocycles. The fourth-order valence-corrected chi connectivity index (χ4v) is 2.03. The zero-order valence-corrected chi connectivity index (χ0v) is 10.5. The van der Waals surface area contributed by atoms with Crippen molar-refractivity contribution in [2.24, 2.45) is 7.05 Å². The van der Waals surface area contributed by atoms with E-state index in [-0.39, 0.29) is 0 Å². The van der Waals surface area contributed by atoms with Gasteiger partial charge in [-0.25, -0.2) is 0 Å². The van der Waals surface area contributed by atoms with Crippen molar-refractivity contribution in [3.8, 4) is 11.1 Å². The molecule has 0 saturated heterocycles. The van der Waals surface area contributed by atoms with Crippen molar-refractivity contribution in [2.45, 2.75) is 12.3 Å². The predicted molar refractivity (Wildman–Crippen MR) is 66.0 cm³/mol. The first kappa shape index (κ1) is 10.4. The van der Waals surface area contributed by atoms with Gasteiger partial charge in [-0.05, 0) is 18.1 Å². The van der Waals surface area contributed by atoms with Crippen LogP contribution in [0.15, 0.2) is 30.5 Å². The summed E-state index contributed by atoms with van der Waals surface area (Å²) >= 11 is 3.44. The molecule has 0 unspecified atom stereocenters. The van der Waals surface area contributed by atoms with E-state index >= 15 is 0 Å². The first-order chi connectivity index (χ1) is 7.20. The Labute approximate surface area is 98.1 Å². The summed E-state index contributed by atoms with van der Waals surface area (Å²) < 4.78 is 1.85. The third kappa shape index (κ3) is 2.12. The second-order valence-electron chi connectivity index (χ2n) is 3.63. The van der Waals surface area contributed by atoms with Gasteiger partial charge in [0, 0.05) is 24.1 Å².